The number of methoxy groups -OCH3 is 1. The van der Waals surface area contributed by atoms with E-state index in [1.54, 1.807) is 22.7 Å². The third kappa shape index (κ3) is 2.61. The van der Waals surface area contributed by atoms with Crippen molar-refractivity contribution in [2.45, 2.75) is 11.2 Å². The van der Waals surface area contributed by atoms with Crippen LogP contribution in [-0.2, 0) is 15.9 Å². The summed E-state index contributed by atoms with van der Waals surface area (Å²) >= 11 is 3.44. The highest BCUT2D eigenvalue weighted by Crippen LogP contribution is 2.57. The monoisotopic (exact) mass is 514 g/mol. The van der Waals surface area contributed by atoms with Gasteiger partial charge in [0.25, 0.3) is 0 Å². The first-order valence-corrected chi connectivity index (χ1v) is 14.0. The molecule has 4 heteroatoms. The van der Waals surface area contributed by atoms with Crippen LogP contribution in [0.1, 0.15) is 32.0 Å². The second-order valence-electron chi connectivity index (χ2n) is 9.73. The maximum Gasteiger partial charge on any atom is 0.153 e. The van der Waals surface area contributed by atoms with Crippen LogP contribution in [0, 0.1) is 0 Å². The fraction of sp³-hybridized carbons (Fsp3) is 0.0909. The summed E-state index contributed by atoms with van der Waals surface area (Å²) < 4.78 is 8.79. The Morgan fingerprint density at radius 1 is 0.541 bits per heavy atom. The van der Waals surface area contributed by atoms with Gasteiger partial charge in [-0.15, -0.1) is 22.7 Å². The van der Waals surface area contributed by atoms with Gasteiger partial charge in [-0.2, -0.15) is 0 Å². The predicted octanol–water partition coefficient (Wildman–Crippen LogP) is 8.15. The second-order valence-corrected chi connectivity index (χ2v) is 11.9. The van der Waals surface area contributed by atoms with Crippen LogP contribution in [0.5, 0.6) is 0 Å². The molecule has 2 aliphatic rings. The summed E-state index contributed by atoms with van der Waals surface area (Å²) in [4.78, 5) is 2.12. The van der Waals surface area contributed by atoms with Gasteiger partial charge in [-0.1, -0.05) is 97.1 Å². The van der Waals surface area contributed by atoms with Gasteiger partial charge in [-0.3, -0.25) is 0 Å². The van der Waals surface area contributed by atoms with E-state index >= 15 is 0 Å². The molecule has 0 amide bonds. The Kier molecular flexibility index (Phi) is 4.36. The quantitative estimate of drug-likeness (QED) is 0.258. The fourth-order valence-corrected chi connectivity index (χ4v) is 9.16. The largest absolute Gasteiger partial charge is 0.375 e. The molecule has 2 aromatic heterocycles. The van der Waals surface area contributed by atoms with E-state index in [2.05, 4.69) is 84.9 Å². The van der Waals surface area contributed by atoms with E-state index in [9.17, 15) is 5.11 Å². The SMILES string of the molecule is COC1(c2cc3sc(C4(O)c5ccccc5-c5ccccc54)cc3s2)c2ccccc2-c2ccccc21. The molecule has 37 heavy (non-hydrogen) atoms. The van der Waals surface area contributed by atoms with Gasteiger partial charge in [0.15, 0.2) is 11.2 Å². The van der Waals surface area contributed by atoms with Crippen molar-refractivity contribution in [3.8, 4) is 22.3 Å². The zero-order chi connectivity index (χ0) is 24.8. The first-order chi connectivity index (χ1) is 18.2. The molecule has 0 radical (unpaired) electrons. The van der Waals surface area contributed by atoms with Crippen molar-refractivity contribution in [2.75, 3.05) is 7.11 Å². The smallest absolute Gasteiger partial charge is 0.153 e. The summed E-state index contributed by atoms with van der Waals surface area (Å²) in [5.74, 6) is 0. The van der Waals surface area contributed by atoms with Crippen molar-refractivity contribution < 1.29 is 9.84 Å². The number of ether oxygens (including phenoxy) is 1. The third-order valence-corrected chi connectivity index (χ3v) is 10.5. The fourth-order valence-electron chi connectivity index (χ4n) is 6.45. The van der Waals surface area contributed by atoms with Gasteiger partial charge in [0.05, 0.1) is 0 Å². The summed E-state index contributed by atoms with van der Waals surface area (Å²) in [7, 11) is 1.81. The van der Waals surface area contributed by atoms with Crippen LogP contribution in [0.25, 0.3) is 31.7 Å². The van der Waals surface area contributed by atoms with Crippen molar-refractivity contribution in [2.24, 2.45) is 0 Å². The Bertz CT molecular complexity index is 1740. The zero-order valence-corrected chi connectivity index (χ0v) is 21.7. The Labute approximate surface area is 223 Å². The van der Waals surface area contributed by atoms with Crippen LogP contribution in [0.4, 0.5) is 0 Å². The van der Waals surface area contributed by atoms with E-state index in [0.29, 0.717) is 0 Å². The summed E-state index contributed by atoms with van der Waals surface area (Å²) in [6.07, 6.45) is 0. The topological polar surface area (TPSA) is 29.5 Å². The molecule has 4 aromatic carbocycles. The van der Waals surface area contributed by atoms with Gasteiger partial charge in [-0.05, 0) is 34.4 Å². The van der Waals surface area contributed by atoms with Crippen LogP contribution >= 0.6 is 22.7 Å². The minimum absolute atomic E-state index is 0.639. The Hall–Kier alpha value is -3.54. The van der Waals surface area contributed by atoms with Gasteiger partial charge in [0, 0.05) is 48.5 Å². The van der Waals surface area contributed by atoms with Crippen molar-refractivity contribution >= 4 is 32.1 Å². The first kappa shape index (κ1) is 21.5. The van der Waals surface area contributed by atoms with Crippen molar-refractivity contribution in [1.29, 1.82) is 0 Å². The van der Waals surface area contributed by atoms with Gasteiger partial charge in [-0.25, -0.2) is 0 Å². The second kappa shape index (κ2) is 7.50. The predicted molar refractivity (Wildman–Crippen MR) is 152 cm³/mol. The van der Waals surface area contributed by atoms with Crippen molar-refractivity contribution in [3.63, 3.8) is 0 Å². The number of fused-ring (bicyclic) bond motifs is 7. The lowest BCUT2D eigenvalue weighted by Crippen LogP contribution is -2.28. The van der Waals surface area contributed by atoms with Gasteiger partial charge < -0.3 is 9.84 Å². The molecule has 0 spiro atoms. The number of benzene rings is 4. The molecule has 2 nitrogen and oxygen atoms in total. The summed E-state index contributed by atoms with van der Waals surface area (Å²) in [6, 6.07) is 38.0. The van der Waals surface area contributed by atoms with Crippen LogP contribution in [0.15, 0.2) is 109 Å². The highest BCUT2D eigenvalue weighted by Gasteiger charge is 2.47. The molecule has 0 saturated carbocycles. The lowest BCUT2D eigenvalue weighted by atomic mass is 9.89. The van der Waals surface area contributed by atoms with E-state index in [-0.39, 0.29) is 0 Å². The highest BCUT2D eigenvalue weighted by atomic mass is 32.1. The zero-order valence-electron chi connectivity index (χ0n) is 20.1. The lowest BCUT2D eigenvalue weighted by Gasteiger charge is -2.29. The number of thiophene rings is 2. The molecule has 0 unspecified atom stereocenters. The van der Waals surface area contributed by atoms with Gasteiger partial charge >= 0.3 is 0 Å². The molecule has 0 atom stereocenters. The average molecular weight is 515 g/mol. The van der Waals surface area contributed by atoms with Crippen molar-refractivity contribution in [3.05, 3.63) is 141 Å². The number of hydrogen-bond acceptors (Lipinski definition) is 4. The number of rotatable bonds is 3. The lowest BCUT2D eigenvalue weighted by molar-refractivity contribution is 0.0656. The molecule has 2 aliphatic carbocycles. The van der Waals surface area contributed by atoms with Gasteiger partial charge in [0.1, 0.15) is 0 Å². The molecule has 1 N–H and O–H groups in total. The van der Waals surface area contributed by atoms with Crippen molar-refractivity contribution in [1.82, 2.24) is 0 Å². The standard InChI is InChI=1S/C33H22O2S2/c1-35-33(26-16-8-4-12-22(26)23-13-5-9-17-27(23)33)31-19-29-28(37-31)18-30(36-29)32(34)24-14-6-2-10-20(24)21-11-3-7-15-25(21)32/h2-19,34H,1H3. The number of aliphatic hydroxyl groups is 1. The Balaban J connectivity index is 1.32. The van der Waals surface area contributed by atoms with Gasteiger partial charge in [0.2, 0.25) is 0 Å². The minimum atomic E-state index is -1.15. The average Bonchev–Trinajstić information content (AvgIpc) is 3.67. The normalized spacial score (nSPS) is 15.8. The summed E-state index contributed by atoms with van der Waals surface area (Å²) in [5, 5.41) is 12.3. The molecular formula is C33H22O2S2. The van der Waals surface area contributed by atoms with Crippen LogP contribution in [0.2, 0.25) is 0 Å². The third-order valence-electron chi connectivity index (χ3n) is 8.04. The maximum absolute atomic E-state index is 12.3. The Morgan fingerprint density at radius 2 is 0.919 bits per heavy atom. The molecule has 0 fully saturated rings. The molecule has 8 rings (SSSR count). The highest BCUT2D eigenvalue weighted by molar-refractivity contribution is 7.28. The van der Waals surface area contributed by atoms with Crippen LogP contribution in [0.3, 0.4) is 0 Å². The van der Waals surface area contributed by atoms with Crippen LogP contribution < -0.4 is 0 Å². The Morgan fingerprint density at radius 3 is 1.41 bits per heavy atom. The molecule has 6 aromatic rings. The van der Waals surface area contributed by atoms with E-state index in [1.165, 1.54) is 36.5 Å². The first-order valence-electron chi connectivity index (χ1n) is 12.4. The van der Waals surface area contributed by atoms with E-state index in [1.807, 2.05) is 31.4 Å². The summed E-state index contributed by atoms with van der Waals surface area (Å²) in [5.41, 5.74) is 7.16. The molecule has 0 bridgehead atoms. The summed E-state index contributed by atoms with van der Waals surface area (Å²) in [6.45, 7) is 0. The molecular weight excluding hydrogens is 492 g/mol. The molecule has 0 saturated heterocycles. The maximum atomic E-state index is 12.3. The van der Waals surface area contributed by atoms with E-state index in [4.69, 9.17) is 4.74 Å². The molecule has 0 aliphatic heterocycles. The minimum Gasteiger partial charge on any atom is -0.375 e. The number of hydrogen-bond donors (Lipinski definition) is 1. The van der Waals surface area contributed by atoms with Crippen LogP contribution in [-0.4, -0.2) is 12.2 Å². The molecule has 2 heterocycles. The van der Waals surface area contributed by atoms with E-state index < -0.39 is 11.2 Å². The van der Waals surface area contributed by atoms with E-state index in [0.717, 1.165) is 27.1 Å². The molecule has 178 valence electrons.